The average molecular weight is 330 g/mol. The summed E-state index contributed by atoms with van der Waals surface area (Å²) in [6, 6.07) is 5.78. The SMILES string of the molecule is COCCCNC(=O)c1cnc(Nc2cc(C)ccc2OC)nc1. The molecule has 128 valence electrons. The van der Waals surface area contributed by atoms with E-state index in [1.165, 1.54) is 12.4 Å². The van der Waals surface area contributed by atoms with E-state index < -0.39 is 0 Å². The average Bonchev–Trinajstić information content (AvgIpc) is 2.59. The zero-order valence-electron chi connectivity index (χ0n) is 14.1. The van der Waals surface area contributed by atoms with E-state index in [4.69, 9.17) is 9.47 Å². The Balaban J connectivity index is 1.99. The van der Waals surface area contributed by atoms with E-state index in [-0.39, 0.29) is 5.91 Å². The molecule has 0 aliphatic rings. The zero-order chi connectivity index (χ0) is 17.4. The Morgan fingerprint density at radius 1 is 1.21 bits per heavy atom. The Morgan fingerprint density at radius 2 is 1.96 bits per heavy atom. The van der Waals surface area contributed by atoms with Crippen LogP contribution in [-0.4, -0.2) is 43.2 Å². The molecule has 0 saturated carbocycles. The highest BCUT2D eigenvalue weighted by molar-refractivity contribution is 5.93. The van der Waals surface area contributed by atoms with Crippen molar-refractivity contribution >= 4 is 17.5 Å². The number of nitrogens with one attached hydrogen (secondary N) is 2. The molecular formula is C17H22N4O3. The van der Waals surface area contributed by atoms with Gasteiger partial charge in [0.1, 0.15) is 5.75 Å². The van der Waals surface area contributed by atoms with Gasteiger partial charge in [0.2, 0.25) is 5.95 Å². The number of carbonyl (C=O) groups is 1. The molecule has 0 bridgehead atoms. The fraction of sp³-hybridized carbons (Fsp3) is 0.353. The molecule has 7 heteroatoms. The number of amides is 1. The van der Waals surface area contributed by atoms with E-state index >= 15 is 0 Å². The van der Waals surface area contributed by atoms with Crippen molar-refractivity contribution in [3.8, 4) is 5.75 Å². The lowest BCUT2D eigenvalue weighted by atomic mass is 10.2. The summed E-state index contributed by atoms with van der Waals surface area (Å²) in [6.07, 6.45) is 3.74. The van der Waals surface area contributed by atoms with Gasteiger partial charge in [-0.25, -0.2) is 9.97 Å². The van der Waals surface area contributed by atoms with Crippen molar-refractivity contribution in [1.82, 2.24) is 15.3 Å². The molecule has 0 atom stereocenters. The lowest BCUT2D eigenvalue weighted by Gasteiger charge is -2.11. The van der Waals surface area contributed by atoms with Crippen LogP contribution in [0.1, 0.15) is 22.3 Å². The number of nitrogens with zero attached hydrogens (tertiary/aromatic N) is 2. The summed E-state index contributed by atoms with van der Waals surface area (Å²) in [6.45, 7) is 3.15. The van der Waals surface area contributed by atoms with E-state index in [1.807, 2.05) is 25.1 Å². The Morgan fingerprint density at radius 3 is 2.62 bits per heavy atom. The van der Waals surface area contributed by atoms with Crippen LogP contribution in [0.5, 0.6) is 5.75 Å². The van der Waals surface area contributed by atoms with Gasteiger partial charge in [-0.2, -0.15) is 0 Å². The number of hydrogen-bond donors (Lipinski definition) is 2. The van der Waals surface area contributed by atoms with Gasteiger partial charge in [0, 0.05) is 32.7 Å². The molecular weight excluding hydrogens is 308 g/mol. The van der Waals surface area contributed by atoms with Gasteiger partial charge in [0.05, 0.1) is 18.4 Å². The second-order valence-electron chi connectivity index (χ2n) is 5.23. The van der Waals surface area contributed by atoms with E-state index in [0.717, 1.165) is 17.7 Å². The van der Waals surface area contributed by atoms with Gasteiger partial charge < -0.3 is 20.1 Å². The number of rotatable bonds is 8. The van der Waals surface area contributed by atoms with Gasteiger partial charge in [-0.15, -0.1) is 0 Å². The number of benzene rings is 1. The molecule has 0 radical (unpaired) electrons. The molecule has 24 heavy (non-hydrogen) atoms. The molecule has 0 spiro atoms. The van der Waals surface area contributed by atoms with Crippen molar-refractivity contribution in [1.29, 1.82) is 0 Å². The Bertz CT molecular complexity index is 674. The molecule has 2 N–H and O–H groups in total. The number of carbonyl (C=O) groups excluding carboxylic acids is 1. The molecule has 0 aliphatic carbocycles. The monoisotopic (exact) mass is 330 g/mol. The Kier molecular flexibility index (Phi) is 6.51. The lowest BCUT2D eigenvalue weighted by Crippen LogP contribution is -2.25. The maximum atomic E-state index is 12.0. The van der Waals surface area contributed by atoms with Crippen LogP contribution in [0.2, 0.25) is 0 Å². The minimum Gasteiger partial charge on any atom is -0.495 e. The van der Waals surface area contributed by atoms with Crippen LogP contribution in [0, 0.1) is 6.92 Å². The lowest BCUT2D eigenvalue weighted by molar-refractivity contribution is 0.0948. The van der Waals surface area contributed by atoms with E-state index in [1.54, 1.807) is 14.2 Å². The fourth-order valence-electron chi connectivity index (χ4n) is 2.07. The normalized spacial score (nSPS) is 10.3. The van der Waals surface area contributed by atoms with Gasteiger partial charge in [-0.3, -0.25) is 4.79 Å². The largest absolute Gasteiger partial charge is 0.495 e. The van der Waals surface area contributed by atoms with Crippen LogP contribution in [-0.2, 0) is 4.74 Å². The molecule has 1 aromatic heterocycles. The third kappa shape index (κ3) is 4.92. The highest BCUT2D eigenvalue weighted by Crippen LogP contribution is 2.27. The van der Waals surface area contributed by atoms with E-state index in [2.05, 4.69) is 20.6 Å². The Hall–Kier alpha value is -2.67. The zero-order valence-corrected chi connectivity index (χ0v) is 14.1. The first-order chi connectivity index (χ1) is 11.6. The van der Waals surface area contributed by atoms with Gasteiger partial charge in [-0.05, 0) is 31.0 Å². The maximum Gasteiger partial charge on any atom is 0.254 e. The van der Waals surface area contributed by atoms with Crippen molar-refractivity contribution < 1.29 is 14.3 Å². The van der Waals surface area contributed by atoms with Gasteiger partial charge >= 0.3 is 0 Å². The number of methoxy groups -OCH3 is 2. The van der Waals surface area contributed by atoms with Crippen molar-refractivity contribution in [2.45, 2.75) is 13.3 Å². The number of anilines is 2. The summed E-state index contributed by atoms with van der Waals surface area (Å²) in [5.41, 5.74) is 2.27. The van der Waals surface area contributed by atoms with Crippen molar-refractivity contribution in [3.05, 3.63) is 41.7 Å². The minimum atomic E-state index is -0.203. The van der Waals surface area contributed by atoms with Gasteiger partial charge in [-0.1, -0.05) is 6.07 Å². The summed E-state index contributed by atoms with van der Waals surface area (Å²) in [5.74, 6) is 0.893. The summed E-state index contributed by atoms with van der Waals surface area (Å²) in [4.78, 5) is 20.3. The minimum absolute atomic E-state index is 0.203. The third-order valence-electron chi connectivity index (χ3n) is 3.33. The number of aromatic nitrogens is 2. The van der Waals surface area contributed by atoms with E-state index in [0.29, 0.717) is 30.4 Å². The van der Waals surface area contributed by atoms with Crippen molar-refractivity contribution in [2.24, 2.45) is 0 Å². The molecule has 7 nitrogen and oxygen atoms in total. The predicted molar refractivity (Wildman–Crippen MR) is 91.9 cm³/mol. The summed E-state index contributed by atoms with van der Waals surface area (Å²) in [5, 5.41) is 5.88. The van der Waals surface area contributed by atoms with Crippen LogP contribution < -0.4 is 15.4 Å². The predicted octanol–water partition coefficient (Wildman–Crippen LogP) is 2.30. The molecule has 0 aliphatic heterocycles. The molecule has 0 unspecified atom stereocenters. The Labute approximate surface area is 141 Å². The number of hydrogen-bond acceptors (Lipinski definition) is 6. The molecule has 1 heterocycles. The summed E-state index contributed by atoms with van der Waals surface area (Å²) >= 11 is 0. The van der Waals surface area contributed by atoms with Gasteiger partial charge in [0.25, 0.3) is 5.91 Å². The van der Waals surface area contributed by atoms with Crippen LogP contribution in [0.15, 0.2) is 30.6 Å². The smallest absolute Gasteiger partial charge is 0.254 e. The van der Waals surface area contributed by atoms with Crippen molar-refractivity contribution in [3.63, 3.8) is 0 Å². The third-order valence-corrected chi connectivity index (χ3v) is 3.33. The van der Waals surface area contributed by atoms with Crippen LogP contribution >= 0.6 is 0 Å². The molecule has 0 fully saturated rings. The first kappa shape index (κ1) is 17.7. The van der Waals surface area contributed by atoms with Crippen LogP contribution in [0.3, 0.4) is 0 Å². The van der Waals surface area contributed by atoms with E-state index in [9.17, 15) is 4.79 Å². The number of ether oxygens (including phenoxy) is 2. The van der Waals surface area contributed by atoms with Crippen molar-refractivity contribution in [2.75, 3.05) is 32.7 Å². The number of aryl methyl sites for hydroxylation is 1. The topological polar surface area (TPSA) is 85.4 Å². The summed E-state index contributed by atoms with van der Waals surface area (Å²) < 4.78 is 10.2. The first-order valence-electron chi connectivity index (χ1n) is 7.65. The molecule has 1 amide bonds. The van der Waals surface area contributed by atoms with Gasteiger partial charge in [0.15, 0.2) is 0 Å². The van der Waals surface area contributed by atoms with Crippen LogP contribution in [0.4, 0.5) is 11.6 Å². The summed E-state index contributed by atoms with van der Waals surface area (Å²) in [7, 11) is 3.23. The molecule has 0 saturated heterocycles. The van der Waals surface area contributed by atoms with Crippen LogP contribution in [0.25, 0.3) is 0 Å². The fourth-order valence-corrected chi connectivity index (χ4v) is 2.07. The first-order valence-corrected chi connectivity index (χ1v) is 7.65. The second kappa shape index (κ2) is 8.83. The standard InChI is InChI=1S/C17H22N4O3/c1-12-5-6-15(24-3)14(9-12)21-17-19-10-13(11-20-17)16(22)18-7-4-8-23-2/h5-6,9-11H,4,7-8H2,1-3H3,(H,18,22)(H,19,20,21). The maximum absolute atomic E-state index is 12.0. The molecule has 1 aromatic carbocycles. The highest BCUT2D eigenvalue weighted by Gasteiger charge is 2.08. The molecule has 2 rings (SSSR count). The quantitative estimate of drug-likeness (QED) is 0.723. The second-order valence-corrected chi connectivity index (χ2v) is 5.23. The highest BCUT2D eigenvalue weighted by atomic mass is 16.5. The molecule has 2 aromatic rings.